The maximum atomic E-state index is 12.0. The molecular weight excluding hydrogens is 360 g/mol. The van der Waals surface area contributed by atoms with E-state index >= 15 is 0 Å². The standard InChI is InChI=1S/C22H17ClN2O2/c1-15-2-9-19(12-21(15)23)25-22(26)14-27-20-10-7-18(8-11-20)17-5-3-16(13-24)4-6-17/h2-12H,14H2,1H3,(H,25,26). The van der Waals surface area contributed by atoms with Crippen LogP contribution in [0.5, 0.6) is 5.75 Å². The number of nitrogens with one attached hydrogen (secondary N) is 1. The largest absolute Gasteiger partial charge is 0.484 e. The highest BCUT2D eigenvalue weighted by Crippen LogP contribution is 2.23. The number of ether oxygens (including phenoxy) is 1. The number of halogens is 1. The van der Waals surface area contributed by atoms with Gasteiger partial charge in [0.15, 0.2) is 6.61 Å². The molecule has 0 bridgehead atoms. The van der Waals surface area contributed by atoms with Gasteiger partial charge in [-0.1, -0.05) is 41.9 Å². The van der Waals surface area contributed by atoms with Crippen LogP contribution >= 0.6 is 11.6 Å². The zero-order valence-corrected chi connectivity index (χ0v) is 15.5. The second kappa shape index (κ2) is 8.39. The Kier molecular flexibility index (Phi) is 5.75. The van der Waals surface area contributed by atoms with E-state index in [0.29, 0.717) is 22.0 Å². The lowest BCUT2D eigenvalue weighted by atomic mass is 10.0. The molecule has 4 nitrogen and oxygen atoms in total. The van der Waals surface area contributed by atoms with Gasteiger partial charge in [0.1, 0.15) is 5.75 Å². The second-order valence-corrected chi connectivity index (χ2v) is 6.42. The van der Waals surface area contributed by atoms with E-state index in [1.165, 1.54) is 0 Å². The molecule has 0 unspecified atom stereocenters. The Morgan fingerprint density at radius 2 is 1.67 bits per heavy atom. The van der Waals surface area contributed by atoms with Crippen molar-refractivity contribution in [3.8, 4) is 22.9 Å². The van der Waals surface area contributed by atoms with Gasteiger partial charge in [0.2, 0.25) is 0 Å². The van der Waals surface area contributed by atoms with E-state index in [4.69, 9.17) is 21.6 Å². The minimum Gasteiger partial charge on any atom is -0.484 e. The van der Waals surface area contributed by atoms with Gasteiger partial charge in [-0.15, -0.1) is 0 Å². The van der Waals surface area contributed by atoms with Crippen molar-refractivity contribution in [3.63, 3.8) is 0 Å². The zero-order valence-electron chi connectivity index (χ0n) is 14.7. The van der Waals surface area contributed by atoms with Crippen LogP contribution in [-0.4, -0.2) is 12.5 Å². The summed E-state index contributed by atoms with van der Waals surface area (Å²) in [6, 6.07) is 22.2. The smallest absolute Gasteiger partial charge is 0.262 e. The predicted molar refractivity (Wildman–Crippen MR) is 107 cm³/mol. The van der Waals surface area contributed by atoms with Crippen molar-refractivity contribution in [3.05, 3.63) is 82.9 Å². The molecule has 0 heterocycles. The molecule has 0 aliphatic rings. The van der Waals surface area contributed by atoms with E-state index < -0.39 is 0 Å². The maximum Gasteiger partial charge on any atom is 0.262 e. The minimum absolute atomic E-state index is 0.0955. The van der Waals surface area contributed by atoms with Crippen LogP contribution in [0.15, 0.2) is 66.7 Å². The Balaban J connectivity index is 1.57. The van der Waals surface area contributed by atoms with Gasteiger partial charge in [0.05, 0.1) is 11.6 Å². The van der Waals surface area contributed by atoms with Crippen LogP contribution in [0.1, 0.15) is 11.1 Å². The van der Waals surface area contributed by atoms with Gasteiger partial charge >= 0.3 is 0 Å². The third-order valence-electron chi connectivity index (χ3n) is 4.03. The van der Waals surface area contributed by atoms with Crippen molar-refractivity contribution >= 4 is 23.2 Å². The first-order valence-electron chi connectivity index (χ1n) is 8.34. The summed E-state index contributed by atoms with van der Waals surface area (Å²) < 4.78 is 5.53. The van der Waals surface area contributed by atoms with E-state index in [-0.39, 0.29) is 12.5 Å². The number of nitrogens with zero attached hydrogens (tertiary/aromatic N) is 1. The van der Waals surface area contributed by atoms with Crippen LogP contribution in [0.2, 0.25) is 5.02 Å². The number of anilines is 1. The van der Waals surface area contributed by atoms with Crippen LogP contribution in [0.3, 0.4) is 0 Å². The van der Waals surface area contributed by atoms with Gasteiger partial charge in [-0.25, -0.2) is 0 Å². The number of aryl methyl sites for hydroxylation is 1. The molecule has 1 amide bonds. The van der Waals surface area contributed by atoms with Crippen molar-refractivity contribution in [2.45, 2.75) is 6.92 Å². The number of carbonyl (C=O) groups is 1. The van der Waals surface area contributed by atoms with Gasteiger partial charge in [0.25, 0.3) is 5.91 Å². The van der Waals surface area contributed by atoms with E-state index in [0.717, 1.165) is 16.7 Å². The summed E-state index contributed by atoms with van der Waals surface area (Å²) in [5.41, 5.74) is 4.23. The topological polar surface area (TPSA) is 62.1 Å². The Bertz CT molecular complexity index is 990. The molecule has 0 spiro atoms. The first kappa shape index (κ1) is 18.5. The van der Waals surface area contributed by atoms with Crippen molar-refractivity contribution in [1.29, 1.82) is 5.26 Å². The summed E-state index contributed by atoms with van der Waals surface area (Å²) in [6.45, 7) is 1.81. The number of amides is 1. The molecule has 3 rings (SSSR count). The first-order valence-corrected chi connectivity index (χ1v) is 8.72. The summed E-state index contributed by atoms with van der Waals surface area (Å²) in [5, 5.41) is 12.2. The predicted octanol–water partition coefficient (Wildman–Crippen LogP) is 5.20. The third kappa shape index (κ3) is 4.87. The molecule has 0 fully saturated rings. The van der Waals surface area contributed by atoms with Gasteiger partial charge in [0, 0.05) is 10.7 Å². The Labute approximate surface area is 163 Å². The monoisotopic (exact) mass is 376 g/mol. The summed E-state index contributed by atoms with van der Waals surface area (Å²) in [6.07, 6.45) is 0. The summed E-state index contributed by atoms with van der Waals surface area (Å²) in [4.78, 5) is 12.0. The molecule has 0 saturated carbocycles. The number of hydrogen-bond donors (Lipinski definition) is 1. The van der Waals surface area contributed by atoms with Crippen LogP contribution < -0.4 is 10.1 Å². The van der Waals surface area contributed by atoms with E-state index in [1.54, 1.807) is 24.3 Å². The Hall–Kier alpha value is -3.29. The molecule has 0 radical (unpaired) electrons. The third-order valence-corrected chi connectivity index (χ3v) is 4.43. The average molecular weight is 377 g/mol. The van der Waals surface area contributed by atoms with Gasteiger partial charge < -0.3 is 10.1 Å². The number of hydrogen-bond acceptors (Lipinski definition) is 3. The summed E-state index contributed by atoms with van der Waals surface area (Å²) >= 11 is 6.05. The van der Waals surface area contributed by atoms with Crippen LogP contribution in [0.25, 0.3) is 11.1 Å². The molecule has 3 aromatic carbocycles. The zero-order chi connectivity index (χ0) is 19.2. The van der Waals surface area contributed by atoms with Crippen molar-refractivity contribution < 1.29 is 9.53 Å². The first-order chi connectivity index (χ1) is 13.0. The molecule has 3 aromatic rings. The quantitative estimate of drug-likeness (QED) is 0.665. The van der Waals surface area contributed by atoms with Crippen LogP contribution in [0.4, 0.5) is 5.69 Å². The lowest BCUT2D eigenvalue weighted by Gasteiger charge is -2.09. The fourth-order valence-electron chi connectivity index (χ4n) is 2.50. The van der Waals surface area contributed by atoms with E-state index in [2.05, 4.69) is 11.4 Å². The highest BCUT2D eigenvalue weighted by Gasteiger charge is 2.06. The van der Waals surface area contributed by atoms with Crippen molar-refractivity contribution in [1.82, 2.24) is 0 Å². The highest BCUT2D eigenvalue weighted by atomic mass is 35.5. The molecule has 27 heavy (non-hydrogen) atoms. The second-order valence-electron chi connectivity index (χ2n) is 6.01. The molecule has 0 aliphatic heterocycles. The molecular formula is C22H17ClN2O2. The number of nitriles is 1. The molecule has 5 heteroatoms. The number of rotatable bonds is 5. The minimum atomic E-state index is -0.258. The molecule has 0 atom stereocenters. The fourth-order valence-corrected chi connectivity index (χ4v) is 2.68. The van der Waals surface area contributed by atoms with Crippen LogP contribution in [-0.2, 0) is 4.79 Å². The lowest BCUT2D eigenvalue weighted by molar-refractivity contribution is -0.118. The summed E-state index contributed by atoms with van der Waals surface area (Å²) in [7, 11) is 0. The van der Waals surface area contributed by atoms with Crippen molar-refractivity contribution in [2.24, 2.45) is 0 Å². The number of benzene rings is 3. The molecule has 0 aliphatic carbocycles. The van der Waals surface area contributed by atoms with Gasteiger partial charge in [-0.05, 0) is 60.0 Å². The van der Waals surface area contributed by atoms with E-state index in [9.17, 15) is 4.79 Å². The molecule has 0 saturated heterocycles. The average Bonchev–Trinajstić information content (AvgIpc) is 2.70. The lowest BCUT2D eigenvalue weighted by Crippen LogP contribution is -2.20. The number of carbonyl (C=O) groups excluding carboxylic acids is 1. The highest BCUT2D eigenvalue weighted by molar-refractivity contribution is 6.31. The maximum absolute atomic E-state index is 12.0. The van der Waals surface area contributed by atoms with Gasteiger partial charge in [-0.3, -0.25) is 4.79 Å². The SMILES string of the molecule is Cc1ccc(NC(=O)COc2ccc(-c3ccc(C#N)cc3)cc2)cc1Cl. The fraction of sp³-hybridized carbons (Fsp3) is 0.0909. The molecule has 0 aromatic heterocycles. The van der Waals surface area contributed by atoms with Crippen LogP contribution in [0, 0.1) is 18.3 Å². The molecule has 134 valence electrons. The normalized spacial score (nSPS) is 10.1. The Morgan fingerprint density at radius 3 is 2.26 bits per heavy atom. The Morgan fingerprint density at radius 1 is 1.04 bits per heavy atom. The van der Waals surface area contributed by atoms with E-state index in [1.807, 2.05) is 49.4 Å². The molecule has 1 N–H and O–H groups in total. The van der Waals surface area contributed by atoms with Crippen molar-refractivity contribution in [2.75, 3.05) is 11.9 Å². The summed E-state index contributed by atoms with van der Waals surface area (Å²) in [5.74, 6) is 0.343. The van der Waals surface area contributed by atoms with Gasteiger partial charge in [-0.2, -0.15) is 5.26 Å².